The molecule has 9 rings (SSSR count). The summed E-state index contributed by atoms with van der Waals surface area (Å²) in [5, 5.41) is 0. The highest BCUT2D eigenvalue weighted by molar-refractivity contribution is 5.91. The molecule has 0 bridgehead atoms. The summed E-state index contributed by atoms with van der Waals surface area (Å²) in [5.74, 6) is 1.86. The van der Waals surface area contributed by atoms with E-state index in [1.165, 1.54) is 11.1 Å². The zero-order valence-electron chi connectivity index (χ0n) is 29.5. The lowest BCUT2D eigenvalue weighted by molar-refractivity contribution is 1.07. The van der Waals surface area contributed by atoms with E-state index in [0.29, 0.717) is 17.5 Å². The summed E-state index contributed by atoms with van der Waals surface area (Å²) in [4.78, 5) is 15.6. The van der Waals surface area contributed by atoms with Crippen LogP contribution in [0.2, 0.25) is 0 Å². The molecule has 0 unspecified atom stereocenters. The Morgan fingerprint density at radius 1 is 0.185 bits per heavy atom. The van der Waals surface area contributed by atoms with E-state index in [1.54, 1.807) is 0 Å². The number of rotatable bonds is 8. The van der Waals surface area contributed by atoms with Crippen molar-refractivity contribution in [2.75, 3.05) is 0 Å². The minimum atomic E-state index is 0.619. The molecule has 0 fully saturated rings. The van der Waals surface area contributed by atoms with Crippen LogP contribution in [0, 0.1) is 0 Å². The largest absolute Gasteiger partial charge is 0.208 e. The Balaban J connectivity index is 1.19. The average Bonchev–Trinajstić information content (AvgIpc) is 3.27. The third-order valence-corrected chi connectivity index (χ3v) is 9.78. The Kier molecular flexibility index (Phi) is 8.94. The van der Waals surface area contributed by atoms with Crippen molar-refractivity contribution in [2.45, 2.75) is 0 Å². The zero-order chi connectivity index (χ0) is 36.1. The SMILES string of the molecule is c1ccc(-c2ccc(-c3cccc(-c4nc(-c5cccc(-c6ccccc6)c5)nc(-c5ccccc5-c5ccccc5-c5ccccc5)n4)c3)cc2)cc1. The van der Waals surface area contributed by atoms with Crippen LogP contribution < -0.4 is 0 Å². The van der Waals surface area contributed by atoms with Gasteiger partial charge in [-0.1, -0.05) is 200 Å². The van der Waals surface area contributed by atoms with E-state index in [0.717, 1.165) is 61.2 Å². The first kappa shape index (κ1) is 32.7. The molecule has 0 N–H and O–H groups in total. The fraction of sp³-hybridized carbons (Fsp3) is 0. The second kappa shape index (κ2) is 14.8. The van der Waals surface area contributed by atoms with Crippen molar-refractivity contribution in [1.29, 1.82) is 0 Å². The van der Waals surface area contributed by atoms with Gasteiger partial charge in [0.25, 0.3) is 0 Å². The molecule has 3 nitrogen and oxygen atoms in total. The third-order valence-electron chi connectivity index (χ3n) is 9.78. The van der Waals surface area contributed by atoms with E-state index in [2.05, 4.69) is 200 Å². The van der Waals surface area contributed by atoms with Crippen LogP contribution in [0.5, 0.6) is 0 Å². The van der Waals surface area contributed by atoms with Crippen LogP contribution in [-0.2, 0) is 0 Å². The molecule has 0 amide bonds. The molecule has 0 aliphatic heterocycles. The van der Waals surface area contributed by atoms with E-state index in [-0.39, 0.29) is 0 Å². The standard InChI is InChI=1S/C51H35N3/c1-4-16-36(17-5-1)38-30-32-39(33-31-38)42-23-15-25-44(35-42)50-52-49(43-24-14-22-41(34-43)37-18-6-2-7-19-37)53-51(54-50)48-29-13-12-28-47(48)46-27-11-10-26-45(46)40-20-8-3-9-21-40/h1-35H. The topological polar surface area (TPSA) is 38.7 Å². The summed E-state index contributed by atoms with van der Waals surface area (Å²) in [5.41, 5.74) is 14.1. The van der Waals surface area contributed by atoms with E-state index in [9.17, 15) is 0 Å². The molecule has 9 aromatic rings. The normalized spacial score (nSPS) is 11.0. The first-order valence-corrected chi connectivity index (χ1v) is 18.2. The lowest BCUT2D eigenvalue weighted by atomic mass is 9.91. The van der Waals surface area contributed by atoms with Crippen molar-refractivity contribution in [3.8, 4) is 89.8 Å². The van der Waals surface area contributed by atoms with Gasteiger partial charge in [-0.15, -0.1) is 0 Å². The van der Waals surface area contributed by atoms with Crippen LogP contribution in [0.4, 0.5) is 0 Å². The van der Waals surface area contributed by atoms with Gasteiger partial charge >= 0.3 is 0 Å². The average molecular weight is 690 g/mol. The predicted molar refractivity (Wildman–Crippen MR) is 223 cm³/mol. The molecule has 1 heterocycles. The third kappa shape index (κ3) is 6.74. The molecule has 3 heteroatoms. The summed E-state index contributed by atoms with van der Waals surface area (Å²) < 4.78 is 0. The number of hydrogen-bond acceptors (Lipinski definition) is 3. The molecule has 0 spiro atoms. The van der Waals surface area contributed by atoms with Crippen LogP contribution in [0.1, 0.15) is 0 Å². The van der Waals surface area contributed by atoms with Crippen LogP contribution in [-0.4, -0.2) is 15.0 Å². The highest BCUT2D eigenvalue weighted by Gasteiger charge is 2.18. The molecule has 0 saturated heterocycles. The van der Waals surface area contributed by atoms with Crippen molar-refractivity contribution >= 4 is 0 Å². The number of nitrogens with zero attached hydrogens (tertiary/aromatic N) is 3. The lowest BCUT2D eigenvalue weighted by Gasteiger charge is -2.15. The van der Waals surface area contributed by atoms with Gasteiger partial charge in [0.05, 0.1) is 0 Å². The maximum absolute atomic E-state index is 5.23. The number of benzene rings is 8. The highest BCUT2D eigenvalue weighted by Crippen LogP contribution is 2.38. The summed E-state index contributed by atoms with van der Waals surface area (Å²) in [6, 6.07) is 74.0. The van der Waals surface area contributed by atoms with Gasteiger partial charge in [-0.25, -0.2) is 15.0 Å². The predicted octanol–water partition coefficient (Wildman–Crippen LogP) is 13.2. The van der Waals surface area contributed by atoms with Crippen LogP contribution >= 0.6 is 0 Å². The van der Waals surface area contributed by atoms with Gasteiger partial charge in [0.2, 0.25) is 0 Å². The Bertz CT molecular complexity index is 2690. The molecule has 0 aliphatic rings. The molecular weight excluding hydrogens is 655 g/mol. The lowest BCUT2D eigenvalue weighted by Crippen LogP contribution is -2.01. The summed E-state index contributed by atoms with van der Waals surface area (Å²) in [6.45, 7) is 0. The van der Waals surface area contributed by atoms with Gasteiger partial charge in [0.1, 0.15) is 0 Å². The van der Waals surface area contributed by atoms with Crippen molar-refractivity contribution in [2.24, 2.45) is 0 Å². The Morgan fingerprint density at radius 3 is 1.02 bits per heavy atom. The Labute approximate surface area is 316 Å². The minimum absolute atomic E-state index is 0.619. The maximum atomic E-state index is 5.23. The molecule has 0 radical (unpaired) electrons. The van der Waals surface area contributed by atoms with Gasteiger partial charge in [-0.05, 0) is 67.8 Å². The van der Waals surface area contributed by atoms with E-state index >= 15 is 0 Å². The summed E-state index contributed by atoms with van der Waals surface area (Å²) >= 11 is 0. The molecule has 0 saturated carbocycles. The molecule has 0 aliphatic carbocycles. The van der Waals surface area contributed by atoms with Crippen molar-refractivity contribution in [3.05, 3.63) is 212 Å². The van der Waals surface area contributed by atoms with E-state index in [4.69, 9.17) is 15.0 Å². The first-order chi connectivity index (χ1) is 26.8. The quantitative estimate of drug-likeness (QED) is 0.159. The smallest absolute Gasteiger partial charge is 0.164 e. The van der Waals surface area contributed by atoms with Gasteiger partial charge in [-0.3, -0.25) is 0 Å². The van der Waals surface area contributed by atoms with Gasteiger partial charge in [0, 0.05) is 16.7 Å². The fourth-order valence-electron chi connectivity index (χ4n) is 7.05. The molecule has 54 heavy (non-hydrogen) atoms. The zero-order valence-corrected chi connectivity index (χ0v) is 29.5. The van der Waals surface area contributed by atoms with Gasteiger partial charge in [0.15, 0.2) is 17.5 Å². The highest BCUT2D eigenvalue weighted by atomic mass is 15.0. The fourth-order valence-corrected chi connectivity index (χ4v) is 7.05. The summed E-state index contributed by atoms with van der Waals surface area (Å²) in [7, 11) is 0. The van der Waals surface area contributed by atoms with Crippen molar-refractivity contribution < 1.29 is 0 Å². The maximum Gasteiger partial charge on any atom is 0.164 e. The van der Waals surface area contributed by atoms with Crippen molar-refractivity contribution in [3.63, 3.8) is 0 Å². The molecule has 254 valence electrons. The summed E-state index contributed by atoms with van der Waals surface area (Å²) in [6.07, 6.45) is 0. The molecule has 1 aromatic heterocycles. The number of aromatic nitrogens is 3. The Hall–Kier alpha value is -7.23. The second-order valence-corrected chi connectivity index (χ2v) is 13.2. The minimum Gasteiger partial charge on any atom is -0.208 e. The van der Waals surface area contributed by atoms with Gasteiger partial charge in [-0.2, -0.15) is 0 Å². The Morgan fingerprint density at radius 2 is 0.500 bits per heavy atom. The van der Waals surface area contributed by atoms with Crippen molar-refractivity contribution in [1.82, 2.24) is 15.0 Å². The van der Waals surface area contributed by atoms with Crippen LogP contribution in [0.15, 0.2) is 212 Å². The van der Waals surface area contributed by atoms with Crippen LogP contribution in [0.25, 0.3) is 89.8 Å². The molecular formula is C51H35N3. The molecule has 0 atom stereocenters. The first-order valence-electron chi connectivity index (χ1n) is 18.2. The van der Waals surface area contributed by atoms with Gasteiger partial charge < -0.3 is 0 Å². The monoisotopic (exact) mass is 689 g/mol. The van der Waals surface area contributed by atoms with Crippen LogP contribution in [0.3, 0.4) is 0 Å². The van der Waals surface area contributed by atoms with E-state index in [1.807, 2.05) is 12.1 Å². The number of hydrogen-bond donors (Lipinski definition) is 0. The van der Waals surface area contributed by atoms with E-state index < -0.39 is 0 Å². The second-order valence-electron chi connectivity index (χ2n) is 13.2. The molecule has 8 aromatic carbocycles.